The summed E-state index contributed by atoms with van der Waals surface area (Å²) >= 11 is 0. The van der Waals surface area contributed by atoms with Gasteiger partial charge in [-0.15, -0.1) is 0 Å². The number of amides is 1. The predicted octanol–water partition coefficient (Wildman–Crippen LogP) is 2.30. The van der Waals surface area contributed by atoms with Gasteiger partial charge in [-0.2, -0.15) is 4.98 Å². The highest BCUT2D eigenvalue weighted by Gasteiger charge is 2.18. The van der Waals surface area contributed by atoms with Gasteiger partial charge in [0, 0.05) is 18.9 Å². The topological polar surface area (TPSA) is 106 Å². The molecule has 2 aromatic heterocycles. The number of carbonyl (C=O) groups is 1. The Kier molecular flexibility index (Phi) is 5.32. The number of aliphatic hydroxyl groups is 1. The molecule has 0 aliphatic rings. The zero-order chi connectivity index (χ0) is 18.7. The maximum Gasteiger partial charge on any atom is 0.248 e. The van der Waals surface area contributed by atoms with Crippen LogP contribution in [0.4, 0.5) is 0 Å². The molecule has 0 bridgehead atoms. The van der Waals surface area contributed by atoms with Crippen LogP contribution in [-0.4, -0.2) is 30.7 Å². The number of aliphatic hydroxyl groups excluding tert-OH is 1. The minimum atomic E-state index is -0.362. The van der Waals surface area contributed by atoms with Gasteiger partial charge in [-0.05, 0) is 19.1 Å². The fraction of sp³-hybridized carbons (Fsp3) is 0.444. The van der Waals surface area contributed by atoms with Crippen molar-refractivity contribution in [2.24, 2.45) is 0 Å². The van der Waals surface area contributed by atoms with E-state index < -0.39 is 0 Å². The van der Waals surface area contributed by atoms with Gasteiger partial charge in [0.05, 0.1) is 11.0 Å². The molecule has 1 atom stereocenters. The van der Waals surface area contributed by atoms with E-state index in [-0.39, 0.29) is 30.9 Å². The average molecular weight is 357 g/mol. The second kappa shape index (κ2) is 7.65. The van der Waals surface area contributed by atoms with Crippen LogP contribution in [0.5, 0.6) is 0 Å². The third kappa shape index (κ3) is 3.75. The number of hydrogen-bond acceptors (Lipinski definition) is 6. The first kappa shape index (κ1) is 18.1. The maximum atomic E-state index is 12.3. The first-order valence-corrected chi connectivity index (χ1v) is 8.67. The predicted molar refractivity (Wildman–Crippen MR) is 95.2 cm³/mol. The smallest absolute Gasteiger partial charge is 0.248 e. The van der Waals surface area contributed by atoms with E-state index in [1.807, 2.05) is 42.7 Å². The molecule has 0 saturated carbocycles. The number of fused-ring (bicyclic) bond motifs is 1. The summed E-state index contributed by atoms with van der Waals surface area (Å²) in [6, 6.07) is 7.25. The monoisotopic (exact) mass is 357 g/mol. The quantitative estimate of drug-likeness (QED) is 0.672. The average Bonchev–Trinajstić information content (AvgIpc) is 3.24. The number of aryl methyl sites for hydroxylation is 1. The highest BCUT2D eigenvalue weighted by atomic mass is 16.5. The molecular weight excluding hydrogens is 334 g/mol. The van der Waals surface area contributed by atoms with Gasteiger partial charge in [0.1, 0.15) is 18.5 Å². The van der Waals surface area contributed by atoms with E-state index in [9.17, 15) is 9.90 Å². The van der Waals surface area contributed by atoms with Crippen LogP contribution in [0.1, 0.15) is 56.7 Å². The van der Waals surface area contributed by atoms with E-state index in [1.165, 1.54) is 0 Å². The number of para-hydroxylation sites is 2. The van der Waals surface area contributed by atoms with Gasteiger partial charge in [-0.3, -0.25) is 4.79 Å². The number of imidazole rings is 1. The Morgan fingerprint density at radius 2 is 2.04 bits per heavy atom. The van der Waals surface area contributed by atoms with Gasteiger partial charge >= 0.3 is 0 Å². The molecule has 3 rings (SSSR count). The molecule has 1 aromatic carbocycles. The molecule has 2 N–H and O–H groups in total. The molecule has 0 fully saturated rings. The van der Waals surface area contributed by atoms with E-state index in [4.69, 9.17) is 4.52 Å². The summed E-state index contributed by atoms with van der Waals surface area (Å²) in [5.41, 5.74) is 1.70. The van der Waals surface area contributed by atoms with Crippen LogP contribution in [0.25, 0.3) is 11.0 Å². The molecular formula is C18H23N5O3. The zero-order valence-electron chi connectivity index (χ0n) is 15.1. The van der Waals surface area contributed by atoms with Gasteiger partial charge in [-0.1, -0.05) is 31.1 Å². The van der Waals surface area contributed by atoms with Gasteiger partial charge in [-0.25, -0.2) is 4.98 Å². The number of rotatable bonds is 7. The molecule has 0 aliphatic carbocycles. The van der Waals surface area contributed by atoms with Gasteiger partial charge in [0.25, 0.3) is 0 Å². The van der Waals surface area contributed by atoms with Crippen molar-refractivity contribution in [2.45, 2.75) is 52.3 Å². The van der Waals surface area contributed by atoms with E-state index in [0.29, 0.717) is 24.1 Å². The second-order valence-electron chi connectivity index (χ2n) is 6.51. The molecule has 26 heavy (non-hydrogen) atoms. The van der Waals surface area contributed by atoms with Crippen LogP contribution >= 0.6 is 0 Å². The van der Waals surface area contributed by atoms with Crippen LogP contribution in [0.3, 0.4) is 0 Å². The van der Waals surface area contributed by atoms with E-state index in [0.717, 1.165) is 11.0 Å². The van der Waals surface area contributed by atoms with Crippen molar-refractivity contribution < 1.29 is 14.4 Å². The number of hydrogen-bond donors (Lipinski definition) is 2. The van der Waals surface area contributed by atoms with Crippen LogP contribution in [-0.2, 0) is 17.9 Å². The third-order valence-corrected chi connectivity index (χ3v) is 4.16. The Balaban J connectivity index is 1.63. The minimum absolute atomic E-state index is 0.136. The summed E-state index contributed by atoms with van der Waals surface area (Å²) in [5.74, 6) is 1.60. The van der Waals surface area contributed by atoms with Crippen LogP contribution in [0.15, 0.2) is 28.8 Å². The first-order chi connectivity index (χ1) is 12.5. The van der Waals surface area contributed by atoms with Crippen molar-refractivity contribution in [3.63, 3.8) is 0 Å². The van der Waals surface area contributed by atoms with Crippen molar-refractivity contribution in [3.05, 3.63) is 41.8 Å². The molecule has 1 amide bonds. The number of nitrogens with one attached hydrogen (secondary N) is 1. The van der Waals surface area contributed by atoms with Crippen LogP contribution in [0.2, 0.25) is 0 Å². The lowest BCUT2D eigenvalue weighted by atomic mass is 10.2. The summed E-state index contributed by atoms with van der Waals surface area (Å²) < 4.78 is 7.07. The lowest BCUT2D eigenvalue weighted by molar-refractivity contribution is -0.122. The number of nitrogens with zero attached hydrogens (tertiary/aromatic N) is 4. The Labute approximate surface area is 151 Å². The zero-order valence-corrected chi connectivity index (χ0v) is 15.1. The van der Waals surface area contributed by atoms with E-state index in [1.54, 1.807) is 6.92 Å². The Bertz CT molecular complexity index is 899. The molecule has 138 valence electrons. The molecule has 2 heterocycles. The third-order valence-electron chi connectivity index (χ3n) is 4.16. The molecule has 0 saturated heterocycles. The summed E-state index contributed by atoms with van der Waals surface area (Å²) in [6.45, 7) is 6.02. The molecule has 0 radical (unpaired) electrons. The van der Waals surface area contributed by atoms with E-state index >= 15 is 0 Å². The summed E-state index contributed by atoms with van der Waals surface area (Å²) in [5, 5.41) is 16.3. The number of aromatic nitrogens is 4. The number of carbonyl (C=O) groups excluding carboxylic acids is 1. The summed E-state index contributed by atoms with van der Waals surface area (Å²) in [6.07, 6.45) is 0.253. The normalized spacial score (nSPS) is 12.7. The maximum absolute atomic E-state index is 12.3. The van der Waals surface area contributed by atoms with Gasteiger partial charge in [0.2, 0.25) is 11.8 Å². The van der Waals surface area contributed by atoms with Crippen molar-refractivity contribution >= 4 is 16.9 Å². The molecule has 0 aliphatic heterocycles. The fourth-order valence-corrected chi connectivity index (χ4v) is 2.74. The highest BCUT2D eigenvalue weighted by Crippen LogP contribution is 2.17. The molecule has 0 spiro atoms. The fourth-order valence-electron chi connectivity index (χ4n) is 2.74. The SMILES string of the molecule is CC(C)c1noc([C@@H](C)NC(=O)CCn2c(CO)nc3ccccc32)n1. The standard InChI is InChI=1S/C18H23N5O3/c1-11(2)17-21-18(26-22-17)12(3)19-16(25)8-9-23-14-7-5-4-6-13(14)20-15(23)10-24/h4-7,11-12,24H,8-10H2,1-3H3,(H,19,25)/t12-/m1/s1. The van der Waals surface area contributed by atoms with Crippen molar-refractivity contribution in [1.82, 2.24) is 25.0 Å². The second-order valence-corrected chi connectivity index (χ2v) is 6.51. The molecule has 0 unspecified atom stereocenters. The Morgan fingerprint density at radius 1 is 1.27 bits per heavy atom. The summed E-state index contributed by atoms with van der Waals surface area (Å²) in [7, 11) is 0. The van der Waals surface area contributed by atoms with Gasteiger partial charge in [0.15, 0.2) is 5.82 Å². The molecule has 8 nitrogen and oxygen atoms in total. The molecule has 8 heteroatoms. The lowest BCUT2D eigenvalue weighted by Gasteiger charge is -2.11. The van der Waals surface area contributed by atoms with Crippen LogP contribution < -0.4 is 5.32 Å². The Morgan fingerprint density at radius 3 is 2.73 bits per heavy atom. The number of benzene rings is 1. The van der Waals surface area contributed by atoms with Gasteiger partial charge < -0.3 is 19.5 Å². The largest absolute Gasteiger partial charge is 0.388 e. The lowest BCUT2D eigenvalue weighted by Crippen LogP contribution is -2.28. The van der Waals surface area contributed by atoms with Crippen molar-refractivity contribution in [2.75, 3.05) is 0 Å². The molecule has 3 aromatic rings. The highest BCUT2D eigenvalue weighted by molar-refractivity contribution is 5.78. The van der Waals surface area contributed by atoms with Crippen molar-refractivity contribution in [3.8, 4) is 0 Å². The summed E-state index contributed by atoms with van der Waals surface area (Å²) in [4.78, 5) is 21.0. The first-order valence-electron chi connectivity index (χ1n) is 8.67. The van der Waals surface area contributed by atoms with Crippen molar-refractivity contribution in [1.29, 1.82) is 0 Å². The van der Waals surface area contributed by atoms with E-state index in [2.05, 4.69) is 20.4 Å². The minimum Gasteiger partial charge on any atom is -0.388 e. The Hall–Kier alpha value is -2.74. The van der Waals surface area contributed by atoms with Crippen LogP contribution in [0, 0.1) is 0 Å².